The second-order valence-corrected chi connectivity index (χ2v) is 4.64. The van der Waals surface area contributed by atoms with Crippen LogP contribution in [0.4, 0.5) is 0 Å². The van der Waals surface area contributed by atoms with Gasteiger partial charge in [-0.05, 0) is 0 Å². The number of hydrogen-bond acceptors (Lipinski definition) is 5. The summed E-state index contributed by atoms with van der Waals surface area (Å²) in [6, 6.07) is -0.313. The molecule has 19 heavy (non-hydrogen) atoms. The van der Waals surface area contributed by atoms with Crippen molar-refractivity contribution in [2.24, 2.45) is 12.8 Å². The zero-order chi connectivity index (χ0) is 13.8. The average molecular weight is 267 g/mol. The van der Waals surface area contributed by atoms with Crippen LogP contribution in [0.3, 0.4) is 0 Å². The number of nitrogens with one attached hydrogen (secondary N) is 1. The SMILES string of the molecule is CNC(=O)C1COCCN1C(CN)c1cnn(C)c1. The number of carbonyl (C=O) groups excluding carboxylic acids is 1. The van der Waals surface area contributed by atoms with Gasteiger partial charge < -0.3 is 15.8 Å². The monoisotopic (exact) mass is 267 g/mol. The molecule has 0 radical (unpaired) electrons. The molecule has 1 aliphatic heterocycles. The van der Waals surface area contributed by atoms with Crippen molar-refractivity contribution in [1.82, 2.24) is 20.0 Å². The number of aryl methyl sites for hydroxylation is 1. The number of nitrogens with two attached hydrogens (primary N) is 1. The predicted octanol–water partition coefficient (Wildman–Crippen LogP) is -1.13. The van der Waals surface area contributed by atoms with Crippen LogP contribution in [0.5, 0.6) is 0 Å². The zero-order valence-corrected chi connectivity index (χ0v) is 11.4. The summed E-state index contributed by atoms with van der Waals surface area (Å²) in [6.45, 7) is 2.15. The van der Waals surface area contributed by atoms with Crippen molar-refractivity contribution < 1.29 is 9.53 Å². The molecule has 1 aromatic heterocycles. The van der Waals surface area contributed by atoms with Gasteiger partial charge in [0.2, 0.25) is 5.91 Å². The molecule has 2 rings (SSSR count). The second kappa shape index (κ2) is 6.14. The van der Waals surface area contributed by atoms with Gasteiger partial charge in [-0.15, -0.1) is 0 Å². The Balaban J connectivity index is 2.21. The van der Waals surface area contributed by atoms with E-state index >= 15 is 0 Å². The molecule has 2 atom stereocenters. The van der Waals surface area contributed by atoms with Crippen LogP contribution in [-0.2, 0) is 16.6 Å². The van der Waals surface area contributed by atoms with Crippen molar-refractivity contribution >= 4 is 5.91 Å². The van der Waals surface area contributed by atoms with E-state index in [1.54, 1.807) is 17.9 Å². The van der Waals surface area contributed by atoms with Crippen LogP contribution < -0.4 is 11.1 Å². The first kappa shape index (κ1) is 14.0. The zero-order valence-electron chi connectivity index (χ0n) is 11.4. The Morgan fingerprint density at radius 3 is 3.11 bits per heavy atom. The Hall–Kier alpha value is -1.44. The third-order valence-electron chi connectivity index (χ3n) is 3.45. The minimum atomic E-state index is -0.299. The molecule has 2 unspecified atom stereocenters. The number of morpholine rings is 1. The van der Waals surface area contributed by atoms with E-state index in [4.69, 9.17) is 10.5 Å². The highest BCUT2D eigenvalue weighted by Crippen LogP contribution is 2.23. The van der Waals surface area contributed by atoms with Gasteiger partial charge in [-0.25, -0.2) is 0 Å². The fourth-order valence-electron chi connectivity index (χ4n) is 2.46. The highest BCUT2D eigenvalue weighted by molar-refractivity contribution is 5.81. The first-order valence-electron chi connectivity index (χ1n) is 6.41. The molecule has 1 aliphatic rings. The summed E-state index contributed by atoms with van der Waals surface area (Å²) in [4.78, 5) is 14.0. The number of hydrogen-bond donors (Lipinski definition) is 2. The molecule has 0 bridgehead atoms. The van der Waals surface area contributed by atoms with Gasteiger partial charge in [0.1, 0.15) is 6.04 Å². The quantitative estimate of drug-likeness (QED) is 0.721. The van der Waals surface area contributed by atoms with Crippen molar-refractivity contribution in [3.63, 3.8) is 0 Å². The molecule has 7 heteroatoms. The molecule has 0 aromatic carbocycles. The summed E-state index contributed by atoms with van der Waals surface area (Å²) in [5, 5.41) is 6.85. The topological polar surface area (TPSA) is 85.4 Å². The van der Waals surface area contributed by atoms with E-state index in [1.165, 1.54) is 0 Å². The summed E-state index contributed by atoms with van der Waals surface area (Å²) in [6.07, 6.45) is 3.74. The van der Waals surface area contributed by atoms with Crippen molar-refractivity contribution in [3.8, 4) is 0 Å². The summed E-state index contributed by atoms with van der Waals surface area (Å²) >= 11 is 0. The molecule has 3 N–H and O–H groups in total. The van der Waals surface area contributed by atoms with E-state index in [9.17, 15) is 4.79 Å². The molecule has 1 saturated heterocycles. The summed E-state index contributed by atoms with van der Waals surface area (Å²) in [5.74, 6) is -0.0398. The third-order valence-corrected chi connectivity index (χ3v) is 3.45. The minimum Gasteiger partial charge on any atom is -0.378 e. The van der Waals surface area contributed by atoms with Crippen molar-refractivity contribution in [2.45, 2.75) is 12.1 Å². The standard InChI is InChI=1S/C12H21N5O2/c1-14-12(18)11-8-19-4-3-17(11)10(5-13)9-6-15-16(2)7-9/h6-7,10-11H,3-5,8,13H2,1-2H3,(H,14,18). The summed E-state index contributed by atoms with van der Waals surface area (Å²) < 4.78 is 7.15. The highest BCUT2D eigenvalue weighted by atomic mass is 16.5. The largest absolute Gasteiger partial charge is 0.378 e. The molecule has 1 aromatic rings. The lowest BCUT2D eigenvalue weighted by Crippen LogP contribution is -2.55. The second-order valence-electron chi connectivity index (χ2n) is 4.64. The molecule has 1 fully saturated rings. The molecule has 0 spiro atoms. The van der Waals surface area contributed by atoms with Crippen LogP contribution in [0.1, 0.15) is 11.6 Å². The number of aromatic nitrogens is 2. The normalized spacial score (nSPS) is 22.2. The Bertz CT molecular complexity index is 434. The Labute approximate surface area is 112 Å². The van der Waals surface area contributed by atoms with E-state index in [0.29, 0.717) is 26.3 Å². The van der Waals surface area contributed by atoms with Gasteiger partial charge in [0.05, 0.1) is 25.5 Å². The number of nitrogens with zero attached hydrogens (tertiary/aromatic N) is 3. The maximum atomic E-state index is 11.9. The third kappa shape index (κ3) is 2.94. The van der Waals surface area contributed by atoms with Crippen molar-refractivity contribution in [3.05, 3.63) is 18.0 Å². The van der Waals surface area contributed by atoms with Crippen LogP contribution >= 0.6 is 0 Å². The first-order chi connectivity index (χ1) is 9.17. The molecule has 0 saturated carbocycles. The Kier molecular flexibility index (Phi) is 4.52. The molecular weight excluding hydrogens is 246 g/mol. The number of carbonyl (C=O) groups is 1. The lowest BCUT2D eigenvalue weighted by atomic mass is 10.1. The van der Waals surface area contributed by atoms with Crippen molar-refractivity contribution in [2.75, 3.05) is 33.4 Å². The van der Waals surface area contributed by atoms with Gasteiger partial charge in [-0.1, -0.05) is 0 Å². The Morgan fingerprint density at radius 2 is 2.53 bits per heavy atom. The molecule has 0 aliphatic carbocycles. The van der Waals surface area contributed by atoms with Gasteiger partial charge in [-0.3, -0.25) is 14.4 Å². The molecule has 106 valence electrons. The number of rotatable bonds is 4. The van der Waals surface area contributed by atoms with E-state index in [2.05, 4.69) is 15.3 Å². The lowest BCUT2D eigenvalue weighted by Gasteiger charge is -2.39. The van der Waals surface area contributed by atoms with Crippen LogP contribution in [0, 0.1) is 0 Å². The van der Waals surface area contributed by atoms with Gasteiger partial charge >= 0.3 is 0 Å². The van der Waals surface area contributed by atoms with Gasteiger partial charge in [0, 0.05) is 38.9 Å². The number of amides is 1. The predicted molar refractivity (Wildman–Crippen MR) is 70.4 cm³/mol. The van der Waals surface area contributed by atoms with Gasteiger partial charge in [0.25, 0.3) is 0 Å². The van der Waals surface area contributed by atoms with E-state index in [-0.39, 0.29) is 18.0 Å². The summed E-state index contributed by atoms with van der Waals surface area (Å²) in [7, 11) is 3.50. The van der Waals surface area contributed by atoms with E-state index in [1.807, 2.05) is 13.2 Å². The van der Waals surface area contributed by atoms with E-state index < -0.39 is 0 Å². The lowest BCUT2D eigenvalue weighted by molar-refractivity contribution is -0.134. The Morgan fingerprint density at radius 1 is 1.74 bits per heavy atom. The van der Waals surface area contributed by atoms with Crippen LogP contribution in [0.2, 0.25) is 0 Å². The van der Waals surface area contributed by atoms with Crippen LogP contribution in [-0.4, -0.2) is 60.0 Å². The maximum absolute atomic E-state index is 11.9. The summed E-state index contributed by atoms with van der Waals surface area (Å²) in [5.41, 5.74) is 6.93. The molecular formula is C12H21N5O2. The van der Waals surface area contributed by atoms with Crippen LogP contribution in [0.15, 0.2) is 12.4 Å². The van der Waals surface area contributed by atoms with E-state index in [0.717, 1.165) is 5.56 Å². The fraction of sp³-hybridized carbons (Fsp3) is 0.667. The van der Waals surface area contributed by atoms with Crippen LogP contribution in [0.25, 0.3) is 0 Å². The molecule has 7 nitrogen and oxygen atoms in total. The molecule has 2 heterocycles. The highest BCUT2D eigenvalue weighted by Gasteiger charge is 2.34. The average Bonchev–Trinajstić information content (AvgIpc) is 2.86. The maximum Gasteiger partial charge on any atom is 0.239 e. The van der Waals surface area contributed by atoms with Crippen molar-refractivity contribution in [1.29, 1.82) is 0 Å². The van der Waals surface area contributed by atoms with Gasteiger partial charge in [-0.2, -0.15) is 5.10 Å². The smallest absolute Gasteiger partial charge is 0.239 e. The minimum absolute atomic E-state index is 0.0140. The number of ether oxygens (including phenoxy) is 1. The molecule has 1 amide bonds. The fourth-order valence-corrected chi connectivity index (χ4v) is 2.46. The first-order valence-corrected chi connectivity index (χ1v) is 6.41. The number of likely N-dealkylation sites (N-methyl/N-ethyl adjacent to an activating group) is 1. The van der Waals surface area contributed by atoms with Gasteiger partial charge in [0.15, 0.2) is 0 Å².